The van der Waals surface area contributed by atoms with Crippen molar-refractivity contribution in [2.24, 2.45) is 5.73 Å². The molecule has 0 aliphatic carbocycles. The fraction of sp³-hybridized carbons (Fsp3) is 0.263. The largest absolute Gasteiger partial charge is 0.467 e. The van der Waals surface area contributed by atoms with E-state index < -0.39 is 0 Å². The number of nitrogens with two attached hydrogens (primary N) is 1. The fourth-order valence-corrected chi connectivity index (χ4v) is 3.25. The lowest BCUT2D eigenvalue weighted by atomic mass is 10.2. The van der Waals surface area contributed by atoms with Gasteiger partial charge in [-0.2, -0.15) is 0 Å². The van der Waals surface area contributed by atoms with Gasteiger partial charge in [-0.3, -0.25) is 9.59 Å². The van der Waals surface area contributed by atoms with Crippen molar-refractivity contribution in [1.29, 1.82) is 0 Å². The maximum Gasteiger partial charge on any atom is 0.270 e. The van der Waals surface area contributed by atoms with Crippen molar-refractivity contribution in [2.45, 2.75) is 6.54 Å². The number of aromatic nitrogens is 1. The van der Waals surface area contributed by atoms with E-state index in [1.807, 2.05) is 30.3 Å². The molecule has 0 unspecified atom stereocenters. The number of hydrogen-bond acceptors (Lipinski definition) is 4. The van der Waals surface area contributed by atoms with Gasteiger partial charge in [0.2, 0.25) is 0 Å². The Hall–Kier alpha value is -2.77. The van der Waals surface area contributed by atoms with Gasteiger partial charge in [0.1, 0.15) is 17.7 Å². The molecule has 0 atom stereocenters. The zero-order valence-electron chi connectivity index (χ0n) is 14.7. The van der Waals surface area contributed by atoms with E-state index in [0.717, 1.165) is 10.9 Å². The molecule has 3 heterocycles. The van der Waals surface area contributed by atoms with Crippen LogP contribution in [0.2, 0.25) is 0 Å². The third-order valence-corrected chi connectivity index (χ3v) is 4.72. The summed E-state index contributed by atoms with van der Waals surface area (Å²) in [4.78, 5) is 31.9. The van der Waals surface area contributed by atoms with Gasteiger partial charge in [-0.15, -0.1) is 12.4 Å². The Morgan fingerprint density at radius 2 is 1.70 bits per heavy atom. The number of piperazine rings is 1. The minimum atomic E-state index is -0.0915. The van der Waals surface area contributed by atoms with Crippen LogP contribution in [0.1, 0.15) is 26.6 Å². The van der Waals surface area contributed by atoms with E-state index in [1.54, 1.807) is 15.9 Å². The molecular formula is C19H21ClN4O3. The fourth-order valence-electron chi connectivity index (χ4n) is 3.25. The van der Waals surface area contributed by atoms with E-state index in [0.29, 0.717) is 43.2 Å². The number of nitrogens with one attached hydrogen (secondary N) is 1. The maximum atomic E-state index is 12.7. The lowest BCUT2D eigenvalue weighted by molar-refractivity contribution is 0.0532. The van der Waals surface area contributed by atoms with Gasteiger partial charge in [-0.1, -0.05) is 18.2 Å². The molecule has 142 valence electrons. The normalized spacial score (nSPS) is 14.3. The summed E-state index contributed by atoms with van der Waals surface area (Å²) in [7, 11) is 0. The molecule has 0 bridgehead atoms. The summed E-state index contributed by atoms with van der Waals surface area (Å²) in [6.07, 6.45) is 1.44. The van der Waals surface area contributed by atoms with Crippen LogP contribution in [0.5, 0.6) is 0 Å². The highest BCUT2D eigenvalue weighted by Crippen LogP contribution is 2.18. The number of fused-ring (bicyclic) bond motifs is 1. The van der Waals surface area contributed by atoms with Crippen LogP contribution >= 0.6 is 12.4 Å². The lowest BCUT2D eigenvalue weighted by Crippen LogP contribution is -2.50. The van der Waals surface area contributed by atoms with Gasteiger partial charge in [-0.25, -0.2) is 0 Å². The Bertz CT molecular complexity index is 924. The van der Waals surface area contributed by atoms with Gasteiger partial charge in [0.05, 0.1) is 12.1 Å². The number of halogens is 1. The highest BCUT2D eigenvalue weighted by molar-refractivity contribution is 5.98. The SMILES string of the molecule is Cl.NCc1cc(C(=O)N2CCN(C(=O)c3cc4ccccc4[nH]3)CC2)co1. The Morgan fingerprint density at radius 1 is 1.04 bits per heavy atom. The van der Waals surface area contributed by atoms with Crippen LogP contribution in [0, 0.1) is 0 Å². The molecule has 0 spiro atoms. The summed E-state index contributed by atoms with van der Waals surface area (Å²) in [5.74, 6) is 0.453. The Labute approximate surface area is 162 Å². The Kier molecular flexibility index (Phi) is 5.53. The highest BCUT2D eigenvalue weighted by Gasteiger charge is 2.27. The van der Waals surface area contributed by atoms with Crippen molar-refractivity contribution < 1.29 is 14.0 Å². The zero-order chi connectivity index (χ0) is 18.1. The molecule has 27 heavy (non-hydrogen) atoms. The molecular weight excluding hydrogens is 368 g/mol. The average molecular weight is 389 g/mol. The molecule has 0 saturated carbocycles. The number of carbonyl (C=O) groups is 2. The van der Waals surface area contributed by atoms with E-state index in [4.69, 9.17) is 10.2 Å². The average Bonchev–Trinajstić information content (AvgIpc) is 3.33. The van der Waals surface area contributed by atoms with Crippen molar-refractivity contribution in [3.8, 4) is 0 Å². The minimum Gasteiger partial charge on any atom is -0.467 e. The molecule has 2 aromatic heterocycles. The molecule has 1 aromatic carbocycles. The van der Waals surface area contributed by atoms with Gasteiger partial charge in [0.15, 0.2) is 0 Å². The van der Waals surface area contributed by atoms with E-state index in [1.165, 1.54) is 6.26 Å². The third kappa shape index (κ3) is 3.70. The number of amides is 2. The molecule has 1 fully saturated rings. The Balaban J connectivity index is 0.00000210. The molecule has 3 aromatic rings. The van der Waals surface area contributed by atoms with E-state index in [9.17, 15) is 9.59 Å². The highest BCUT2D eigenvalue weighted by atomic mass is 35.5. The second-order valence-electron chi connectivity index (χ2n) is 6.36. The van der Waals surface area contributed by atoms with Crippen molar-refractivity contribution in [3.63, 3.8) is 0 Å². The molecule has 2 amide bonds. The molecule has 8 heteroatoms. The predicted octanol–water partition coefficient (Wildman–Crippen LogP) is 2.24. The number of hydrogen-bond donors (Lipinski definition) is 2. The first-order valence-electron chi connectivity index (χ1n) is 8.59. The smallest absolute Gasteiger partial charge is 0.270 e. The number of H-pyrrole nitrogens is 1. The van der Waals surface area contributed by atoms with Gasteiger partial charge in [0, 0.05) is 37.1 Å². The summed E-state index contributed by atoms with van der Waals surface area (Å²) >= 11 is 0. The maximum absolute atomic E-state index is 12.7. The molecule has 1 aliphatic heterocycles. The van der Waals surface area contributed by atoms with Crippen LogP contribution in [0.3, 0.4) is 0 Å². The summed E-state index contributed by atoms with van der Waals surface area (Å²) in [6, 6.07) is 11.3. The number of furan rings is 1. The number of carbonyl (C=O) groups excluding carboxylic acids is 2. The molecule has 1 saturated heterocycles. The first-order valence-corrected chi connectivity index (χ1v) is 8.59. The van der Waals surface area contributed by atoms with E-state index in [2.05, 4.69) is 4.98 Å². The second kappa shape index (κ2) is 7.85. The van der Waals surface area contributed by atoms with Crippen molar-refractivity contribution in [2.75, 3.05) is 26.2 Å². The first-order chi connectivity index (χ1) is 12.7. The summed E-state index contributed by atoms with van der Waals surface area (Å²) in [5.41, 5.74) is 7.53. The number of aromatic amines is 1. The molecule has 1 aliphatic rings. The van der Waals surface area contributed by atoms with Crippen molar-refractivity contribution in [1.82, 2.24) is 14.8 Å². The monoisotopic (exact) mass is 388 g/mol. The van der Waals surface area contributed by atoms with Crippen LogP contribution in [-0.4, -0.2) is 52.8 Å². The quantitative estimate of drug-likeness (QED) is 0.719. The van der Waals surface area contributed by atoms with Crippen LogP contribution in [0.15, 0.2) is 47.1 Å². The molecule has 0 radical (unpaired) electrons. The van der Waals surface area contributed by atoms with Crippen LogP contribution in [0.25, 0.3) is 10.9 Å². The van der Waals surface area contributed by atoms with Gasteiger partial charge >= 0.3 is 0 Å². The topological polar surface area (TPSA) is 95.6 Å². The van der Waals surface area contributed by atoms with Crippen molar-refractivity contribution in [3.05, 3.63) is 59.7 Å². The summed E-state index contributed by atoms with van der Waals surface area (Å²) < 4.78 is 5.23. The predicted molar refractivity (Wildman–Crippen MR) is 104 cm³/mol. The lowest BCUT2D eigenvalue weighted by Gasteiger charge is -2.34. The standard InChI is InChI=1S/C19H20N4O3.ClH/c20-11-15-9-14(12-26-15)18(24)22-5-7-23(8-6-22)19(25)17-10-13-3-1-2-4-16(13)21-17;/h1-4,9-10,12,21H,5-8,11,20H2;1H. The van der Waals surface area contributed by atoms with Gasteiger partial charge in [0.25, 0.3) is 11.8 Å². The van der Waals surface area contributed by atoms with Crippen molar-refractivity contribution >= 4 is 35.1 Å². The number of para-hydroxylation sites is 1. The van der Waals surface area contributed by atoms with Gasteiger partial charge in [-0.05, 0) is 18.2 Å². The Morgan fingerprint density at radius 3 is 2.33 bits per heavy atom. The van der Waals surface area contributed by atoms with Gasteiger partial charge < -0.3 is 24.9 Å². The first kappa shape index (κ1) is 19.0. The third-order valence-electron chi connectivity index (χ3n) is 4.72. The number of benzene rings is 1. The second-order valence-corrected chi connectivity index (χ2v) is 6.36. The zero-order valence-corrected chi connectivity index (χ0v) is 15.5. The minimum absolute atomic E-state index is 0. The summed E-state index contributed by atoms with van der Waals surface area (Å²) in [6.45, 7) is 2.25. The molecule has 7 nitrogen and oxygen atoms in total. The van der Waals surface area contributed by atoms with Crippen LogP contribution < -0.4 is 5.73 Å². The van der Waals surface area contributed by atoms with E-state index in [-0.39, 0.29) is 30.8 Å². The number of nitrogens with zero attached hydrogens (tertiary/aromatic N) is 2. The van der Waals surface area contributed by atoms with E-state index >= 15 is 0 Å². The molecule has 4 rings (SSSR count). The summed E-state index contributed by atoms with van der Waals surface area (Å²) in [5, 5.41) is 1.01. The van der Waals surface area contributed by atoms with Crippen LogP contribution in [-0.2, 0) is 6.54 Å². The number of rotatable bonds is 3. The molecule has 3 N–H and O–H groups in total. The van der Waals surface area contributed by atoms with Crippen LogP contribution in [0.4, 0.5) is 0 Å².